The summed E-state index contributed by atoms with van der Waals surface area (Å²) in [5, 5.41) is 11.7. The third kappa shape index (κ3) is 4.47. The van der Waals surface area contributed by atoms with E-state index in [0.29, 0.717) is 17.4 Å². The smallest absolute Gasteiger partial charge is 0.230 e. The Morgan fingerprint density at radius 2 is 2.13 bits per heavy atom. The second kappa shape index (κ2) is 9.27. The van der Waals surface area contributed by atoms with E-state index in [2.05, 4.69) is 17.1 Å². The number of para-hydroxylation sites is 1. The zero-order valence-electron chi connectivity index (χ0n) is 16.7. The van der Waals surface area contributed by atoms with Crippen molar-refractivity contribution in [2.24, 2.45) is 0 Å². The van der Waals surface area contributed by atoms with Gasteiger partial charge in [-0.05, 0) is 30.2 Å². The minimum absolute atomic E-state index is 0.0531. The van der Waals surface area contributed by atoms with Crippen molar-refractivity contribution in [1.29, 1.82) is 0 Å². The number of carbonyl (C=O) groups is 1. The number of aryl methyl sites for hydroxylation is 1. The summed E-state index contributed by atoms with van der Waals surface area (Å²) in [4.78, 5) is 18.8. The highest BCUT2D eigenvalue weighted by atomic mass is 32.2. The fraction of sp³-hybridized carbons (Fsp3) is 0.238. The van der Waals surface area contributed by atoms with E-state index in [4.69, 9.17) is 9.40 Å². The van der Waals surface area contributed by atoms with E-state index >= 15 is 0 Å². The van der Waals surface area contributed by atoms with Gasteiger partial charge in [0.05, 0.1) is 24.2 Å². The number of nitrogens with zero attached hydrogens (tertiary/aromatic N) is 5. The van der Waals surface area contributed by atoms with Gasteiger partial charge in [0.25, 0.3) is 0 Å². The van der Waals surface area contributed by atoms with Crippen molar-refractivity contribution in [3.8, 4) is 0 Å². The molecule has 0 atom stereocenters. The molecule has 0 aliphatic heterocycles. The Bertz CT molecular complexity index is 1120. The van der Waals surface area contributed by atoms with Gasteiger partial charge in [-0.1, -0.05) is 36.9 Å². The topological polar surface area (TPSA) is 77.1 Å². The summed E-state index contributed by atoms with van der Waals surface area (Å²) in [5.74, 6) is 1.43. The molecular weight excluding hydrogens is 418 g/mol. The number of hydrogen-bond acceptors (Lipinski definition) is 7. The molecule has 0 radical (unpaired) electrons. The molecule has 0 saturated carbocycles. The van der Waals surface area contributed by atoms with Crippen molar-refractivity contribution in [1.82, 2.24) is 19.7 Å². The quantitative estimate of drug-likeness (QED) is 0.363. The van der Waals surface area contributed by atoms with E-state index in [1.807, 2.05) is 46.3 Å². The second-order valence-corrected chi connectivity index (χ2v) is 8.35. The fourth-order valence-electron chi connectivity index (χ4n) is 3.07. The van der Waals surface area contributed by atoms with Crippen LogP contribution in [0.3, 0.4) is 0 Å². The highest BCUT2D eigenvalue weighted by Crippen LogP contribution is 2.33. The van der Waals surface area contributed by atoms with Gasteiger partial charge < -0.3 is 8.98 Å². The van der Waals surface area contributed by atoms with Crippen molar-refractivity contribution in [2.45, 2.75) is 37.7 Å². The van der Waals surface area contributed by atoms with Crippen molar-refractivity contribution >= 4 is 39.8 Å². The van der Waals surface area contributed by atoms with Crippen LogP contribution >= 0.6 is 23.1 Å². The molecule has 3 aromatic heterocycles. The highest BCUT2D eigenvalue weighted by Gasteiger charge is 2.20. The summed E-state index contributed by atoms with van der Waals surface area (Å²) < 4.78 is 7.34. The van der Waals surface area contributed by atoms with Crippen molar-refractivity contribution < 1.29 is 9.21 Å². The van der Waals surface area contributed by atoms with Crippen LogP contribution < -0.4 is 4.90 Å². The number of hydrogen-bond donors (Lipinski definition) is 0. The molecule has 9 heteroatoms. The highest BCUT2D eigenvalue weighted by molar-refractivity contribution is 7.98. The first-order valence-electron chi connectivity index (χ1n) is 9.51. The number of benzene rings is 1. The largest absolute Gasteiger partial charge is 0.467 e. The van der Waals surface area contributed by atoms with Crippen molar-refractivity contribution in [2.75, 3.05) is 4.90 Å². The maximum absolute atomic E-state index is 12.4. The van der Waals surface area contributed by atoms with Gasteiger partial charge >= 0.3 is 0 Å². The maximum atomic E-state index is 12.4. The number of thioether (sulfide) groups is 1. The molecule has 154 valence electrons. The molecule has 0 fully saturated rings. The minimum Gasteiger partial charge on any atom is -0.467 e. The Kier molecular flexibility index (Phi) is 6.29. The van der Waals surface area contributed by atoms with Gasteiger partial charge in [-0.15, -0.1) is 21.5 Å². The molecule has 0 spiro atoms. The lowest BCUT2D eigenvalue weighted by molar-refractivity contribution is -0.115. The number of amides is 1. The van der Waals surface area contributed by atoms with E-state index in [0.717, 1.165) is 34.3 Å². The first kappa shape index (κ1) is 20.4. The molecule has 30 heavy (non-hydrogen) atoms. The summed E-state index contributed by atoms with van der Waals surface area (Å²) in [6, 6.07) is 11.7. The lowest BCUT2D eigenvalue weighted by Gasteiger charge is -2.20. The third-order valence-corrected chi connectivity index (χ3v) is 6.38. The summed E-state index contributed by atoms with van der Waals surface area (Å²) in [7, 11) is 0. The second-order valence-electron chi connectivity index (χ2n) is 6.57. The summed E-state index contributed by atoms with van der Waals surface area (Å²) in [5.41, 5.74) is 2.90. The van der Waals surface area contributed by atoms with Gasteiger partial charge in [0.15, 0.2) is 10.3 Å². The van der Waals surface area contributed by atoms with E-state index in [1.54, 1.807) is 36.2 Å². The molecule has 4 rings (SSSR count). The van der Waals surface area contributed by atoms with Crippen molar-refractivity contribution in [3.05, 3.63) is 71.4 Å². The van der Waals surface area contributed by atoms with E-state index in [1.165, 1.54) is 11.3 Å². The Labute approximate surface area is 182 Å². The van der Waals surface area contributed by atoms with Crippen LogP contribution in [-0.2, 0) is 23.5 Å². The van der Waals surface area contributed by atoms with Crippen molar-refractivity contribution in [3.63, 3.8) is 0 Å². The SMILES string of the molecule is CCc1ccccc1N(C(C)=O)c1nc(CSc2nncn2Cc2ccco2)cs1. The number of furan rings is 1. The Morgan fingerprint density at radius 3 is 2.90 bits per heavy atom. The molecule has 0 N–H and O–H groups in total. The summed E-state index contributed by atoms with van der Waals surface area (Å²) in [6.45, 7) is 4.23. The average molecular weight is 440 g/mol. The molecule has 0 bridgehead atoms. The van der Waals surface area contributed by atoms with Gasteiger partial charge in [-0.25, -0.2) is 4.98 Å². The summed E-state index contributed by atoms with van der Waals surface area (Å²) in [6.07, 6.45) is 4.19. The third-order valence-electron chi connectivity index (χ3n) is 4.49. The number of carbonyl (C=O) groups excluding carboxylic acids is 1. The molecular formula is C21H21N5O2S2. The first-order valence-corrected chi connectivity index (χ1v) is 11.4. The van der Waals surface area contributed by atoms with Gasteiger partial charge in [0.1, 0.15) is 12.1 Å². The lowest BCUT2D eigenvalue weighted by atomic mass is 10.1. The normalized spacial score (nSPS) is 11.0. The number of aromatic nitrogens is 4. The predicted octanol–water partition coefficient (Wildman–Crippen LogP) is 4.92. The molecule has 1 amide bonds. The van der Waals surface area contributed by atoms with Gasteiger partial charge in [0.2, 0.25) is 5.91 Å². The van der Waals surface area contributed by atoms with Crippen LogP contribution in [0.2, 0.25) is 0 Å². The van der Waals surface area contributed by atoms with Crippen LogP contribution in [0.4, 0.5) is 10.8 Å². The minimum atomic E-state index is -0.0531. The van der Waals surface area contributed by atoms with Crippen LogP contribution in [0.1, 0.15) is 30.9 Å². The molecule has 0 unspecified atom stereocenters. The molecule has 1 aromatic carbocycles. The summed E-state index contributed by atoms with van der Waals surface area (Å²) >= 11 is 3.02. The Hall–Kier alpha value is -2.91. The van der Waals surface area contributed by atoms with E-state index < -0.39 is 0 Å². The van der Waals surface area contributed by atoms with Crippen LogP contribution in [0.15, 0.2) is 63.9 Å². The lowest BCUT2D eigenvalue weighted by Crippen LogP contribution is -2.23. The predicted molar refractivity (Wildman–Crippen MR) is 118 cm³/mol. The van der Waals surface area contributed by atoms with Crippen LogP contribution in [-0.4, -0.2) is 25.7 Å². The zero-order chi connectivity index (χ0) is 20.9. The number of rotatable bonds is 8. The average Bonchev–Trinajstić information content (AvgIpc) is 3.50. The number of thiazole rings is 1. The molecule has 0 aliphatic rings. The zero-order valence-corrected chi connectivity index (χ0v) is 18.3. The van der Waals surface area contributed by atoms with E-state index in [-0.39, 0.29) is 5.91 Å². The molecule has 0 saturated heterocycles. The monoisotopic (exact) mass is 439 g/mol. The van der Waals surface area contributed by atoms with Crippen LogP contribution in [0.25, 0.3) is 0 Å². The number of anilines is 2. The van der Waals surface area contributed by atoms with E-state index in [9.17, 15) is 4.79 Å². The van der Waals surface area contributed by atoms with Crippen LogP contribution in [0, 0.1) is 0 Å². The molecule has 3 heterocycles. The Balaban J connectivity index is 1.49. The first-order chi connectivity index (χ1) is 14.7. The van der Waals surface area contributed by atoms with Crippen LogP contribution in [0.5, 0.6) is 0 Å². The van der Waals surface area contributed by atoms with Gasteiger partial charge in [0, 0.05) is 18.1 Å². The fourth-order valence-corrected chi connectivity index (χ4v) is 4.87. The molecule has 0 aliphatic carbocycles. The maximum Gasteiger partial charge on any atom is 0.230 e. The standard InChI is InChI=1S/C21H21N5O2S2/c1-3-16-7-4-5-9-19(16)26(15(2)27)20-23-17(12-29-20)13-30-21-24-22-14-25(21)11-18-8-6-10-28-18/h4-10,12,14H,3,11,13H2,1-2H3. The molecule has 7 nitrogen and oxygen atoms in total. The molecule has 4 aromatic rings. The Morgan fingerprint density at radius 1 is 1.27 bits per heavy atom. The van der Waals surface area contributed by atoms with Gasteiger partial charge in [-0.3, -0.25) is 9.69 Å². The van der Waals surface area contributed by atoms with Gasteiger partial charge in [-0.2, -0.15) is 0 Å².